The predicted octanol–water partition coefficient (Wildman–Crippen LogP) is 3.97. The van der Waals surface area contributed by atoms with E-state index in [9.17, 15) is 14.4 Å². The fourth-order valence-corrected chi connectivity index (χ4v) is 4.75. The minimum atomic E-state index is -0.856. The maximum Gasteiger partial charge on any atom is 0.234 e. The second-order valence-corrected chi connectivity index (χ2v) is 9.49. The molecule has 4 rings (SSSR count). The molecule has 0 spiro atoms. The Labute approximate surface area is 189 Å². The smallest absolute Gasteiger partial charge is 0.234 e. The van der Waals surface area contributed by atoms with Gasteiger partial charge < -0.3 is 9.84 Å². The van der Waals surface area contributed by atoms with E-state index in [0.717, 1.165) is 18.4 Å². The van der Waals surface area contributed by atoms with E-state index in [1.54, 1.807) is 18.4 Å². The van der Waals surface area contributed by atoms with E-state index in [1.165, 1.54) is 0 Å². The summed E-state index contributed by atoms with van der Waals surface area (Å²) < 4.78 is 5.15. The van der Waals surface area contributed by atoms with Crippen molar-refractivity contribution < 1.29 is 18.9 Å². The number of nitrogens with zero attached hydrogens (tertiary/aromatic N) is 1. The Morgan fingerprint density at radius 2 is 1.90 bits per heavy atom. The molecule has 0 radical (unpaired) electrons. The predicted molar refractivity (Wildman–Crippen MR) is 115 cm³/mol. The van der Waals surface area contributed by atoms with Crippen LogP contribution in [0.1, 0.15) is 73.8 Å². The van der Waals surface area contributed by atoms with Crippen molar-refractivity contribution in [2.45, 2.75) is 63.3 Å². The normalized spacial score (nSPS) is 19.3. The lowest BCUT2D eigenvalue weighted by atomic mass is 9.85. The number of benzene rings is 1. The minimum absolute atomic E-state index is 0.190. The van der Waals surface area contributed by atoms with Gasteiger partial charge in [-0.15, -0.1) is 0 Å². The van der Waals surface area contributed by atoms with Crippen molar-refractivity contribution in [3.05, 3.63) is 50.8 Å². The molecule has 1 aromatic carbocycles. The van der Waals surface area contributed by atoms with Crippen LogP contribution in [0.5, 0.6) is 0 Å². The minimum Gasteiger partial charge on any atom is -0.364 e. The molecule has 2 aromatic rings. The number of piperidine rings is 1. The van der Waals surface area contributed by atoms with Gasteiger partial charge in [0.05, 0.1) is 11.3 Å². The Morgan fingerprint density at radius 3 is 2.52 bits per heavy atom. The summed E-state index contributed by atoms with van der Waals surface area (Å²) in [7, 11) is 0. The molecule has 1 aliphatic heterocycles. The third kappa shape index (κ3) is 4.34. The largest absolute Gasteiger partial charge is 0.364 e. The number of aromatic nitrogens is 1. The Kier molecular flexibility index (Phi) is 5.83. The number of carbonyl (C=O) groups is 3. The topological polar surface area (TPSA) is 101 Å². The summed E-state index contributed by atoms with van der Waals surface area (Å²) in [6.45, 7) is 3.85. The molecule has 2 heterocycles. The van der Waals surface area contributed by atoms with E-state index >= 15 is 0 Å². The molecule has 9 heteroatoms. The first-order valence-electron chi connectivity index (χ1n) is 10.2. The standard InChI is InChI=1S/C22H23Cl2N3O4/c1-22(2,19-14(10-31-27-19)12-3-4-12)21(30)25-9-11-7-15(23)18(16(24)8-11)13-5-6-17(28)26-20(13)29/h7-8,10,12-13H,3-6,9H2,1-2H3,(H,25,30)(H,26,28,29). The average molecular weight is 464 g/mol. The summed E-state index contributed by atoms with van der Waals surface area (Å²) in [5.74, 6) is -1.04. The summed E-state index contributed by atoms with van der Waals surface area (Å²) in [6, 6.07) is 3.37. The second kappa shape index (κ2) is 8.28. The Balaban J connectivity index is 1.47. The van der Waals surface area contributed by atoms with E-state index in [4.69, 9.17) is 27.7 Å². The number of hydrogen-bond donors (Lipinski definition) is 2. The third-order valence-corrected chi connectivity index (χ3v) is 6.58. The highest BCUT2D eigenvalue weighted by atomic mass is 35.5. The zero-order valence-electron chi connectivity index (χ0n) is 17.3. The van der Waals surface area contributed by atoms with Crippen molar-refractivity contribution in [1.82, 2.24) is 15.8 Å². The van der Waals surface area contributed by atoms with E-state index in [0.29, 0.717) is 39.2 Å². The molecule has 7 nitrogen and oxygen atoms in total. The fraction of sp³-hybridized carbons (Fsp3) is 0.455. The van der Waals surface area contributed by atoms with Crippen LogP contribution in [0.4, 0.5) is 0 Å². The Bertz CT molecular complexity index is 1040. The number of hydrogen-bond acceptors (Lipinski definition) is 5. The second-order valence-electron chi connectivity index (χ2n) is 8.68. The van der Waals surface area contributed by atoms with E-state index in [-0.39, 0.29) is 24.8 Å². The molecule has 164 valence electrons. The van der Waals surface area contributed by atoms with Crippen LogP contribution in [0, 0.1) is 0 Å². The molecule has 3 amide bonds. The van der Waals surface area contributed by atoms with Crippen molar-refractivity contribution in [1.29, 1.82) is 0 Å². The van der Waals surface area contributed by atoms with Crippen molar-refractivity contribution in [2.24, 2.45) is 0 Å². The van der Waals surface area contributed by atoms with E-state index in [1.807, 2.05) is 13.8 Å². The van der Waals surface area contributed by atoms with Gasteiger partial charge in [0.15, 0.2) is 0 Å². The Hall–Kier alpha value is -2.38. The van der Waals surface area contributed by atoms with Crippen LogP contribution in [-0.2, 0) is 26.3 Å². The zero-order chi connectivity index (χ0) is 22.3. The van der Waals surface area contributed by atoms with Crippen LogP contribution in [0.2, 0.25) is 10.0 Å². The maximum atomic E-state index is 12.9. The number of amides is 3. The highest BCUT2D eigenvalue weighted by molar-refractivity contribution is 6.36. The zero-order valence-corrected chi connectivity index (χ0v) is 18.8. The lowest BCUT2D eigenvalue weighted by Gasteiger charge is -2.24. The summed E-state index contributed by atoms with van der Waals surface area (Å²) >= 11 is 12.9. The van der Waals surface area contributed by atoms with Gasteiger partial charge >= 0.3 is 0 Å². The Morgan fingerprint density at radius 1 is 1.23 bits per heavy atom. The van der Waals surface area contributed by atoms with Gasteiger partial charge in [0.25, 0.3) is 0 Å². The van der Waals surface area contributed by atoms with Crippen LogP contribution >= 0.6 is 23.2 Å². The average Bonchev–Trinajstić information content (AvgIpc) is 3.42. The molecule has 1 saturated heterocycles. The molecule has 1 aromatic heterocycles. The van der Waals surface area contributed by atoms with Crippen LogP contribution < -0.4 is 10.6 Å². The van der Waals surface area contributed by atoms with Gasteiger partial charge in [-0.3, -0.25) is 19.7 Å². The first-order chi connectivity index (χ1) is 14.7. The number of nitrogens with one attached hydrogen (secondary N) is 2. The molecule has 1 unspecified atom stereocenters. The summed E-state index contributed by atoms with van der Waals surface area (Å²) in [4.78, 5) is 36.5. The van der Waals surface area contributed by atoms with Gasteiger partial charge in [-0.25, -0.2) is 0 Å². The molecule has 1 aliphatic carbocycles. The van der Waals surface area contributed by atoms with Crippen LogP contribution in [-0.4, -0.2) is 22.9 Å². The van der Waals surface area contributed by atoms with Gasteiger partial charge in [-0.2, -0.15) is 0 Å². The molecule has 1 saturated carbocycles. The van der Waals surface area contributed by atoms with Gasteiger partial charge in [0.2, 0.25) is 17.7 Å². The molecule has 2 fully saturated rings. The molecular weight excluding hydrogens is 441 g/mol. The number of carbonyl (C=O) groups excluding carboxylic acids is 3. The first kappa shape index (κ1) is 21.8. The quantitative estimate of drug-likeness (QED) is 0.630. The van der Waals surface area contributed by atoms with Gasteiger partial charge in [0.1, 0.15) is 12.0 Å². The van der Waals surface area contributed by atoms with Crippen LogP contribution in [0.3, 0.4) is 0 Å². The first-order valence-corrected chi connectivity index (χ1v) is 11.0. The van der Waals surface area contributed by atoms with Crippen LogP contribution in [0.25, 0.3) is 0 Å². The molecule has 2 N–H and O–H groups in total. The van der Waals surface area contributed by atoms with Gasteiger partial charge in [0, 0.05) is 34.1 Å². The summed E-state index contributed by atoms with van der Waals surface area (Å²) in [5.41, 5.74) is 2.01. The van der Waals surface area contributed by atoms with Crippen molar-refractivity contribution in [3.8, 4) is 0 Å². The van der Waals surface area contributed by atoms with E-state index in [2.05, 4.69) is 15.8 Å². The highest BCUT2D eigenvalue weighted by Gasteiger charge is 2.39. The van der Waals surface area contributed by atoms with Crippen molar-refractivity contribution in [3.63, 3.8) is 0 Å². The summed E-state index contributed by atoms with van der Waals surface area (Å²) in [5, 5.41) is 9.99. The van der Waals surface area contributed by atoms with Crippen molar-refractivity contribution in [2.75, 3.05) is 0 Å². The monoisotopic (exact) mass is 463 g/mol. The number of halogens is 2. The molecular formula is C22H23Cl2N3O4. The fourth-order valence-electron chi connectivity index (χ4n) is 3.95. The van der Waals surface area contributed by atoms with Gasteiger partial charge in [-0.1, -0.05) is 28.4 Å². The van der Waals surface area contributed by atoms with Gasteiger partial charge in [-0.05, 0) is 56.7 Å². The summed E-state index contributed by atoms with van der Waals surface area (Å²) in [6.07, 6.45) is 4.40. The SMILES string of the molecule is CC(C)(C(=O)NCc1cc(Cl)c(C2CCC(=O)NC2=O)c(Cl)c1)c1nocc1C1CC1. The lowest BCUT2D eigenvalue weighted by molar-refractivity contribution is -0.134. The highest BCUT2D eigenvalue weighted by Crippen LogP contribution is 2.44. The number of imide groups is 1. The lowest BCUT2D eigenvalue weighted by Crippen LogP contribution is -2.40. The molecule has 0 bridgehead atoms. The number of rotatable bonds is 6. The molecule has 2 aliphatic rings. The van der Waals surface area contributed by atoms with Crippen molar-refractivity contribution >= 4 is 40.9 Å². The maximum absolute atomic E-state index is 12.9. The third-order valence-electron chi connectivity index (χ3n) is 5.95. The van der Waals surface area contributed by atoms with E-state index < -0.39 is 17.2 Å². The molecule has 31 heavy (non-hydrogen) atoms. The molecule has 1 atom stereocenters. The van der Waals surface area contributed by atoms with Crippen LogP contribution in [0.15, 0.2) is 22.9 Å².